The van der Waals surface area contributed by atoms with Gasteiger partial charge in [-0.2, -0.15) is 4.98 Å². The molecule has 2 N–H and O–H groups in total. The van der Waals surface area contributed by atoms with Crippen molar-refractivity contribution in [3.05, 3.63) is 100 Å². The van der Waals surface area contributed by atoms with Gasteiger partial charge in [0.25, 0.3) is 11.6 Å². The number of nitro benzene ring substituents is 1. The minimum absolute atomic E-state index is 0.0647. The molecule has 5 rings (SSSR count). The van der Waals surface area contributed by atoms with Gasteiger partial charge >= 0.3 is 0 Å². The molecule has 0 spiro atoms. The zero-order valence-electron chi connectivity index (χ0n) is 19.4. The number of pyridine rings is 1. The molecule has 11 heteroatoms. The molecule has 1 amide bonds. The first-order valence-electron chi connectivity index (χ1n) is 11.0. The lowest BCUT2D eigenvalue weighted by molar-refractivity contribution is -0.384. The molecule has 1 aliphatic heterocycles. The van der Waals surface area contributed by atoms with Crippen LogP contribution in [0.5, 0.6) is 5.75 Å². The summed E-state index contributed by atoms with van der Waals surface area (Å²) < 4.78 is 6.98. The molecule has 0 saturated carbocycles. The number of nitrogens with zero attached hydrogens (tertiary/aromatic N) is 5. The van der Waals surface area contributed by atoms with E-state index in [2.05, 4.69) is 25.7 Å². The van der Waals surface area contributed by atoms with Crippen LogP contribution in [0.15, 0.2) is 84.3 Å². The average molecular weight is 483 g/mol. The van der Waals surface area contributed by atoms with Gasteiger partial charge in [0.15, 0.2) is 5.82 Å². The molecule has 0 aliphatic carbocycles. The van der Waals surface area contributed by atoms with Crippen LogP contribution >= 0.6 is 0 Å². The summed E-state index contributed by atoms with van der Waals surface area (Å²) in [6, 6.07) is 16.2. The molecule has 0 bridgehead atoms. The summed E-state index contributed by atoms with van der Waals surface area (Å²) in [6.45, 7) is 1.79. The second-order valence-electron chi connectivity index (χ2n) is 8.01. The first-order valence-corrected chi connectivity index (χ1v) is 11.0. The Labute approximate surface area is 205 Å². The highest BCUT2D eigenvalue weighted by molar-refractivity contribution is 6.06. The van der Waals surface area contributed by atoms with Crippen molar-refractivity contribution in [1.82, 2.24) is 19.7 Å². The number of anilines is 2. The van der Waals surface area contributed by atoms with Crippen LogP contribution in [0, 0.1) is 10.1 Å². The number of benzene rings is 2. The molecular weight excluding hydrogens is 462 g/mol. The van der Waals surface area contributed by atoms with E-state index in [-0.39, 0.29) is 11.6 Å². The zero-order valence-corrected chi connectivity index (χ0v) is 19.4. The van der Waals surface area contributed by atoms with Gasteiger partial charge in [-0.1, -0.05) is 24.3 Å². The van der Waals surface area contributed by atoms with Crippen molar-refractivity contribution in [2.75, 3.05) is 17.7 Å². The van der Waals surface area contributed by atoms with Crippen LogP contribution in [0.3, 0.4) is 0 Å². The van der Waals surface area contributed by atoms with Crippen molar-refractivity contribution < 1.29 is 14.5 Å². The van der Waals surface area contributed by atoms with Crippen LogP contribution in [0.2, 0.25) is 0 Å². The van der Waals surface area contributed by atoms with E-state index in [0.29, 0.717) is 40.0 Å². The lowest BCUT2D eigenvalue weighted by atomic mass is 9.96. The van der Waals surface area contributed by atoms with Crippen LogP contribution in [-0.4, -0.2) is 37.7 Å². The maximum absolute atomic E-state index is 13.6. The highest BCUT2D eigenvalue weighted by atomic mass is 16.6. The van der Waals surface area contributed by atoms with Crippen molar-refractivity contribution in [1.29, 1.82) is 0 Å². The van der Waals surface area contributed by atoms with Gasteiger partial charge in [0.1, 0.15) is 11.8 Å². The Kier molecular flexibility index (Phi) is 5.87. The number of ether oxygens (including phenoxy) is 1. The highest BCUT2D eigenvalue weighted by Gasteiger charge is 2.34. The molecule has 1 aliphatic rings. The summed E-state index contributed by atoms with van der Waals surface area (Å²) in [4.78, 5) is 33.1. The summed E-state index contributed by atoms with van der Waals surface area (Å²) in [5, 5.41) is 22.0. The molecule has 3 heterocycles. The first kappa shape index (κ1) is 22.7. The summed E-state index contributed by atoms with van der Waals surface area (Å²) >= 11 is 0. The maximum atomic E-state index is 13.6. The Morgan fingerprint density at radius 3 is 2.67 bits per heavy atom. The monoisotopic (exact) mass is 483 g/mol. The van der Waals surface area contributed by atoms with E-state index in [4.69, 9.17) is 4.74 Å². The smallest absolute Gasteiger partial charge is 0.270 e. The van der Waals surface area contributed by atoms with Crippen LogP contribution in [0.25, 0.3) is 11.4 Å². The molecule has 0 fully saturated rings. The average Bonchev–Trinajstić information content (AvgIpc) is 3.32. The lowest BCUT2D eigenvalue weighted by Gasteiger charge is -2.28. The molecule has 1 unspecified atom stereocenters. The van der Waals surface area contributed by atoms with E-state index >= 15 is 0 Å². The number of methoxy groups -OCH3 is 1. The lowest BCUT2D eigenvalue weighted by Crippen LogP contribution is -2.31. The zero-order chi connectivity index (χ0) is 25.2. The Bertz CT molecular complexity index is 1500. The highest BCUT2D eigenvalue weighted by Crippen LogP contribution is 2.37. The quantitative estimate of drug-likeness (QED) is 0.308. The molecule has 36 heavy (non-hydrogen) atoms. The second kappa shape index (κ2) is 9.29. The number of rotatable bonds is 6. The van der Waals surface area contributed by atoms with Crippen molar-refractivity contribution in [3.8, 4) is 17.1 Å². The summed E-state index contributed by atoms with van der Waals surface area (Å²) in [7, 11) is 1.54. The van der Waals surface area contributed by atoms with Gasteiger partial charge in [-0.3, -0.25) is 19.9 Å². The third-order valence-corrected chi connectivity index (χ3v) is 5.79. The number of allylic oxidation sites excluding steroid dienone is 1. The molecule has 0 radical (unpaired) electrons. The molecule has 2 aromatic carbocycles. The number of para-hydroxylation sites is 2. The van der Waals surface area contributed by atoms with Gasteiger partial charge in [-0.25, -0.2) is 4.68 Å². The fraction of sp³-hybridized carbons (Fsp3) is 0.120. The predicted molar refractivity (Wildman–Crippen MR) is 132 cm³/mol. The Balaban J connectivity index is 1.59. The maximum Gasteiger partial charge on any atom is 0.270 e. The van der Waals surface area contributed by atoms with Gasteiger partial charge in [-0.05, 0) is 36.8 Å². The molecule has 1 atom stereocenters. The standard InChI is InChI=1S/C25H21N7O4/c1-15-21(24(33)28-19-8-3-4-9-20(19)36-2)22(16-10-12-26-13-11-16)31-25(27-15)29-23(30-31)17-6-5-7-18(14-17)32(34)35/h3-14,22H,1-2H3,(H,28,33)(H,27,29,30). The number of nitro groups is 1. The number of non-ortho nitro benzene ring substituents is 1. The van der Waals surface area contributed by atoms with E-state index in [9.17, 15) is 14.9 Å². The molecule has 0 saturated heterocycles. The van der Waals surface area contributed by atoms with Gasteiger partial charge < -0.3 is 15.4 Å². The van der Waals surface area contributed by atoms with Crippen molar-refractivity contribution >= 4 is 23.2 Å². The van der Waals surface area contributed by atoms with Gasteiger partial charge in [0.2, 0.25) is 5.95 Å². The number of fused-ring (bicyclic) bond motifs is 1. The number of carbonyl (C=O) groups excluding carboxylic acids is 1. The normalized spacial score (nSPS) is 14.6. The summed E-state index contributed by atoms with van der Waals surface area (Å²) in [5.41, 5.74) is 2.74. The van der Waals surface area contributed by atoms with Crippen molar-refractivity contribution in [2.45, 2.75) is 13.0 Å². The van der Waals surface area contributed by atoms with E-state index < -0.39 is 11.0 Å². The van der Waals surface area contributed by atoms with E-state index in [1.807, 2.05) is 6.07 Å². The molecule has 2 aromatic heterocycles. The number of aromatic nitrogens is 4. The minimum Gasteiger partial charge on any atom is -0.495 e. The molecule has 4 aromatic rings. The van der Waals surface area contributed by atoms with Crippen molar-refractivity contribution in [2.24, 2.45) is 0 Å². The van der Waals surface area contributed by atoms with Crippen LogP contribution < -0.4 is 15.4 Å². The van der Waals surface area contributed by atoms with Gasteiger partial charge in [0, 0.05) is 35.8 Å². The number of carbonyl (C=O) groups is 1. The van der Waals surface area contributed by atoms with Crippen LogP contribution in [-0.2, 0) is 4.79 Å². The van der Waals surface area contributed by atoms with Gasteiger partial charge in [-0.15, -0.1) is 5.10 Å². The largest absolute Gasteiger partial charge is 0.495 e. The SMILES string of the molecule is COc1ccccc1NC(=O)C1=C(C)Nc2nc(-c3cccc([N+](=O)[O-])c3)nn2C1c1ccncc1. The molecule has 180 valence electrons. The minimum atomic E-state index is -0.626. The van der Waals surface area contributed by atoms with Gasteiger partial charge in [0.05, 0.1) is 23.3 Å². The Morgan fingerprint density at radius 1 is 1.14 bits per heavy atom. The predicted octanol–water partition coefficient (Wildman–Crippen LogP) is 4.18. The summed E-state index contributed by atoms with van der Waals surface area (Å²) in [6.07, 6.45) is 3.28. The topological polar surface area (TPSA) is 137 Å². The fourth-order valence-electron chi connectivity index (χ4n) is 4.12. The van der Waals surface area contributed by atoms with Crippen molar-refractivity contribution in [3.63, 3.8) is 0 Å². The van der Waals surface area contributed by atoms with E-state index in [0.717, 1.165) is 5.56 Å². The Morgan fingerprint density at radius 2 is 1.92 bits per heavy atom. The summed E-state index contributed by atoms with van der Waals surface area (Å²) in [5.74, 6) is 0.885. The second-order valence-corrected chi connectivity index (χ2v) is 8.01. The van der Waals surface area contributed by atoms with E-state index in [1.165, 1.54) is 19.2 Å². The number of hydrogen-bond donors (Lipinski definition) is 2. The third kappa shape index (κ3) is 4.13. The number of nitrogens with one attached hydrogen (secondary N) is 2. The first-order chi connectivity index (χ1) is 17.5. The Hall–Kier alpha value is -5.06. The van der Waals surface area contributed by atoms with Crippen LogP contribution in [0.4, 0.5) is 17.3 Å². The fourth-order valence-corrected chi connectivity index (χ4v) is 4.12. The van der Waals surface area contributed by atoms with Crippen LogP contribution in [0.1, 0.15) is 18.5 Å². The molecular formula is C25H21N7O4. The number of hydrogen-bond acceptors (Lipinski definition) is 8. The van der Waals surface area contributed by atoms with E-state index in [1.54, 1.807) is 66.5 Å². The third-order valence-electron chi connectivity index (χ3n) is 5.79. The molecule has 11 nitrogen and oxygen atoms in total. The number of amides is 1.